The Morgan fingerprint density at radius 3 is 2.94 bits per heavy atom. The first-order valence-electron chi connectivity index (χ1n) is 5.91. The van der Waals surface area contributed by atoms with Gasteiger partial charge in [0.15, 0.2) is 0 Å². The van der Waals surface area contributed by atoms with Crippen molar-refractivity contribution in [1.82, 2.24) is 9.62 Å². The zero-order valence-electron chi connectivity index (χ0n) is 9.98. The maximum absolute atomic E-state index is 11.6. The van der Waals surface area contributed by atoms with Gasteiger partial charge in [0.1, 0.15) is 0 Å². The van der Waals surface area contributed by atoms with E-state index in [1.165, 1.54) is 6.42 Å². The Morgan fingerprint density at radius 1 is 1.56 bits per heavy atom. The van der Waals surface area contributed by atoms with Crippen LogP contribution >= 0.6 is 0 Å². The number of hydrogen-bond acceptors (Lipinski definition) is 3. The smallest absolute Gasteiger partial charge is 0.211 e. The molecule has 94 valence electrons. The number of nitrogens with one attached hydrogen (secondary N) is 1. The molecule has 16 heavy (non-hydrogen) atoms. The monoisotopic (exact) mass is 246 g/mol. The van der Waals surface area contributed by atoms with Gasteiger partial charge >= 0.3 is 0 Å². The van der Waals surface area contributed by atoms with Crippen molar-refractivity contribution in [2.24, 2.45) is 0 Å². The van der Waals surface area contributed by atoms with Crippen molar-refractivity contribution in [3.05, 3.63) is 12.7 Å². The number of nitrogens with zero attached hydrogens (tertiary/aromatic N) is 1. The lowest BCUT2D eigenvalue weighted by molar-refractivity contribution is 0.268. The highest BCUT2D eigenvalue weighted by atomic mass is 32.2. The second kappa shape index (κ2) is 6.37. The molecular weight excluding hydrogens is 224 g/mol. The Labute approximate surface area is 98.8 Å². The van der Waals surface area contributed by atoms with Gasteiger partial charge in [-0.2, -0.15) is 0 Å². The quantitative estimate of drug-likeness (QED) is 0.681. The molecular formula is C11H22N2O2S. The highest BCUT2D eigenvalue weighted by Gasteiger charge is 2.24. The summed E-state index contributed by atoms with van der Waals surface area (Å²) in [6, 6.07) is 0.378. The van der Waals surface area contributed by atoms with E-state index in [0.717, 1.165) is 19.5 Å². The van der Waals surface area contributed by atoms with Crippen molar-refractivity contribution in [2.45, 2.75) is 32.2 Å². The summed E-state index contributed by atoms with van der Waals surface area (Å²) >= 11 is 0. The van der Waals surface area contributed by atoms with Crippen LogP contribution in [0.4, 0.5) is 0 Å². The van der Waals surface area contributed by atoms with E-state index in [0.29, 0.717) is 19.0 Å². The van der Waals surface area contributed by atoms with Crippen LogP contribution in [-0.2, 0) is 10.0 Å². The molecule has 1 heterocycles. The second-order valence-electron chi connectivity index (χ2n) is 4.17. The largest absolute Gasteiger partial charge is 0.299 e. The number of sulfonamides is 1. The molecule has 0 spiro atoms. The summed E-state index contributed by atoms with van der Waals surface area (Å²) in [7, 11) is -3.11. The van der Waals surface area contributed by atoms with Crippen LogP contribution in [0.15, 0.2) is 12.7 Å². The van der Waals surface area contributed by atoms with Crippen LogP contribution in [0.25, 0.3) is 0 Å². The fourth-order valence-electron chi connectivity index (χ4n) is 2.08. The SMILES string of the molecule is C=CCCS(=O)(=O)NCC1CCCN1CC. The topological polar surface area (TPSA) is 49.4 Å². The number of likely N-dealkylation sites (tertiary alicyclic amines) is 1. The number of likely N-dealkylation sites (N-methyl/N-ethyl adjacent to an activating group) is 1. The average Bonchev–Trinajstić information content (AvgIpc) is 2.71. The normalized spacial score (nSPS) is 22.4. The van der Waals surface area contributed by atoms with Gasteiger partial charge in [0, 0.05) is 12.6 Å². The lowest BCUT2D eigenvalue weighted by Gasteiger charge is -2.22. The van der Waals surface area contributed by atoms with Gasteiger partial charge in [-0.15, -0.1) is 6.58 Å². The predicted molar refractivity (Wildman–Crippen MR) is 66.9 cm³/mol. The van der Waals surface area contributed by atoms with Gasteiger partial charge in [-0.25, -0.2) is 13.1 Å². The number of hydrogen-bond donors (Lipinski definition) is 1. The van der Waals surface area contributed by atoms with E-state index in [4.69, 9.17) is 0 Å². The van der Waals surface area contributed by atoms with Gasteiger partial charge in [-0.1, -0.05) is 13.0 Å². The third-order valence-electron chi connectivity index (χ3n) is 3.03. The van der Waals surface area contributed by atoms with E-state index >= 15 is 0 Å². The van der Waals surface area contributed by atoms with Crippen LogP contribution in [0.5, 0.6) is 0 Å². The Balaban J connectivity index is 2.35. The van der Waals surface area contributed by atoms with Crippen molar-refractivity contribution in [2.75, 3.05) is 25.4 Å². The molecule has 0 bridgehead atoms. The number of allylic oxidation sites excluding steroid dienone is 1. The van der Waals surface area contributed by atoms with E-state index in [2.05, 4.69) is 23.1 Å². The van der Waals surface area contributed by atoms with Crippen molar-refractivity contribution in [3.63, 3.8) is 0 Å². The molecule has 1 aliphatic heterocycles. The van der Waals surface area contributed by atoms with Gasteiger partial charge in [0.05, 0.1) is 5.75 Å². The Morgan fingerprint density at radius 2 is 2.31 bits per heavy atom. The van der Waals surface area contributed by atoms with Crippen LogP contribution < -0.4 is 4.72 Å². The minimum atomic E-state index is -3.11. The Bertz CT molecular complexity index is 314. The molecule has 0 aromatic rings. The summed E-state index contributed by atoms with van der Waals surface area (Å²) < 4.78 is 25.8. The standard InChI is InChI=1S/C11H22N2O2S/c1-3-5-9-16(14,15)12-10-11-7-6-8-13(11)4-2/h3,11-12H,1,4-10H2,2H3. The van der Waals surface area contributed by atoms with Crippen LogP contribution in [0.3, 0.4) is 0 Å². The summed E-state index contributed by atoms with van der Waals surface area (Å²) in [5.74, 6) is 0.148. The van der Waals surface area contributed by atoms with Gasteiger partial charge in [-0.3, -0.25) is 4.90 Å². The molecule has 0 radical (unpaired) electrons. The van der Waals surface area contributed by atoms with Crippen LogP contribution in [0.2, 0.25) is 0 Å². The van der Waals surface area contributed by atoms with Gasteiger partial charge in [0.25, 0.3) is 0 Å². The summed E-state index contributed by atoms with van der Waals surface area (Å²) in [4.78, 5) is 2.33. The predicted octanol–water partition coefficient (Wildman–Crippen LogP) is 0.966. The molecule has 1 saturated heterocycles. The first-order chi connectivity index (χ1) is 7.59. The molecule has 0 aliphatic carbocycles. The summed E-state index contributed by atoms with van der Waals surface area (Å²) in [5.41, 5.74) is 0. The lowest BCUT2D eigenvalue weighted by Crippen LogP contribution is -2.40. The van der Waals surface area contributed by atoms with Crippen molar-refractivity contribution >= 4 is 10.0 Å². The maximum atomic E-state index is 11.6. The number of rotatable bonds is 7. The highest BCUT2D eigenvalue weighted by Crippen LogP contribution is 2.15. The molecule has 1 rings (SSSR count). The van der Waals surface area contributed by atoms with E-state index < -0.39 is 10.0 Å². The van der Waals surface area contributed by atoms with Crippen molar-refractivity contribution < 1.29 is 8.42 Å². The fraction of sp³-hybridized carbons (Fsp3) is 0.818. The third-order valence-corrected chi connectivity index (χ3v) is 4.41. The molecule has 1 atom stereocenters. The van der Waals surface area contributed by atoms with Crippen molar-refractivity contribution in [3.8, 4) is 0 Å². The Kier molecular flexibility index (Phi) is 5.44. The molecule has 0 aromatic heterocycles. The second-order valence-corrected chi connectivity index (χ2v) is 6.10. The van der Waals surface area contributed by atoms with Crippen LogP contribution in [-0.4, -0.2) is 44.7 Å². The third kappa shape index (κ3) is 4.23. The molecule has 0 amide bonds. The van der Waals surface area contributed by atoms with Gasteiger partial charge in [-0.05, 0) is 32.4 Å². The maximum Gasteiger partial charge on any atom is 0.211 e. The zero-order valence-corrected chi connectivity index (χ0v) is 10.8. The molecule has 4 nitrogen and oxygen atoms in total. The highest BCUT2D eigenvalue weighted by molar-refractivity contribution is 7.89. The molecule has 1 unspecified atom stereocenters. The first-order valence-corrected chi connectivity index (χ1v) is 7.56. The summed E-state index contributed by atoms with van der Waals surface area (Å²) in [6.07, 6.45) is 4.41. The van der Waals surface area contributed by atoms with E-state index in [1.807, 2.05) is 0 Å². The van der Waals surface area contributed by atoms with E-state index in [9.17, 15) is 8.42 Å². The van der Waals surface area contributed by atoms with Crippen LogP contribution in [0.1, 0.15) is 26.2 Å². The van der Waals surface area contributed by atoms with Gasteiger partial charge in [0.2, 0.25) is 10.0 Å². The lowest BCUT2D eigenvalue weighted by atomic mass is 10.2. The average molecular weight is 246 g/mol. The molecule has 0 aromatic carbocycles. The minimum Gasteiger partial charge on any atom is -0.299 e. The molecule has 0 saturated carbocycles. The van der Waals surface area contributed by atoms with Crippen LogP contribution in [0, 0.1) is 0 Å². The summed E-state index contributed by atoms with van der Waals surface area (Å²) in [5, 5.41) is 0. The van der Waals surface area contributed by atoms with Gasteiger partial charge < -0.3 is 0 Å². The first kappa shape index (κ1) is 13.7. The fourth-order valence-corrected chi connectivity index (χ4v) is 3.14. The van der Waals surface area contributed by atoms with E-state index in [1.54, 1.807) is 6.08 Å². The summed E-state index contributed by atoms with van der Waals surface area (Å²) in [6.45, 7) is 8.28. The molecule has 1 aliphatic rings. The molecule has 5 heteroatoms. The Hall–Kier alpha value is -0.390. The minimum absolute atomic E-state index is 0.148. The zero-order chi connectivity index (χ0) is 12.0. The van der Waals surface area contributed by atoms with Crippen molar-refractivity contribution in [1.29, 1.82) is 0 Å². The molecule has 1 fully saturated rings. The molecule has 1 N–H and O–H groups in total. The van der Waals surface area contributed by atoms with E-state index in [-0.39, 0.29) is 5.75 Å².